The zero-order valence-corrected chi connectivity index (χ0v) is 12.6. The van der Waals surface area contributed by atoms with E-state index in [1.807, 2.05) is 18.4 Å². The molecule has 1 aliphatic heterocycles. The number of ether oxygens (including phenoxy) is 1. The number of thiophene rings is 1. The third-order valence-corrected chi connectivity index (χ3v) is 5.65. The van der Waals surface area contributed by atoms with E-state index in [9.17, 15) is 9.59 Å². The molecule has 1 amide bonds. The molecule has 0 radical (unpaired) electrons. The van der Waals surface area contributed by atoms with Crippen molar-refractivity contribution in [1.82, 2.24) is 4.90 Å². The average molecular weight is 293 g/mol. The number of carbonyl (C=O) groups excluding carboxylic acids is 2. The van der Waals surface area contributed by atoms with Gasteiger partial charge in [-0.3, -0.25) is 4.79 Å². The molecule has 108 valence electrons. The zero-order chi connectivity index (χ0) is 14.3. The van der Waals surface area contributed by atoms with Crippen LogP contribution < -0.4 is 0 Å². The zero-order valence-electron chi connectivity index (χ0n) is 11.8. The van der Waals surface area contributed by atoms with Crippen LogP contribution in [0.1, 0.15) is 34.5 Å². The fraction of sp³-hybridized carbons (Fsp3) is 0.600. The lowest BCUT2D eigenvalue weighted by Crippen LogP contribution is -2.43. The number of likely N-dealkylation sites (tertiary alicyclic amines) is 1. The minimum Gasteiger partial charge on any atom is -0.467 e. The molecule has 0 aromatic carbocycles. The topological polar surface area (TPSA) is 46.6 Å². The summed E-state index contributed by atoms with van der Waals surface area (Å²) in [6, 6.07) is 1.56. The minimum absolute atomic E-state index is 0.0118. The summed E-state index contributed by atoms with van der Waals surface area (Å²) in [6.45, 7) is 2.63. The Morgan fingerprint density at radius 3 is 2.85 bits per heavy atom. The number of rotatable bonds is 2. The summed E-state index contributed by atoms with van der Waals surface area (Å²) in [7, 11) is 1.41. The lowest BCUT2D eigenvalue weighted by molar-refractivity contribution is -0.146. The quantitative estimate of drug-likeness (QED) is 0.787. The van der Waals surface area contributed by atoms with E-state index < -0.39 is 0 Å². The molecule has 5 heteroatoms. The van der Waals surface area contributed by atoms with E-state index in [1.165, 1.54) is 18.4 Å². The van der Waals surface area contributed by atoms with Crippen molar-refractivity contribution >= 4 is 23.2 Å². The first-order valence-corrected chi connectivity index (χ1v) is 7.94. The van der Waals surface area contributed by atoms with Gasteiger partial charge >= 0.3 is 5.97 Å². The van der Waals surface area contributed by atoms with E-state index in [4.69, 9.17) is 4.74 Å². The highest BCUT2D eigenvalue weighted by Gasteiger charge is 2.50. The van der Waals surface area contributed by atoms with Gasteiger partial charge in [0.15, 0.2) is 0 Å². The maximum absolute atomic E-state index is 12.7. The van der Waals surface area contributed by atoms with E-state index in [0.29, 0.717) is 12.5 Å². The fourth-order valence-electron chi connectivity index (χ4n) is 3.66. The molecule has 1 saturated heterocycles. The number of nitrogens with zero attached hydrogens (tertiary/aromatic N) is 1. The van der Waals surface area contributed by atoms with Crippen molar-refractivity contribution in [2.75, 3.05) is 13.7 Å². The molecule has 2 aliphatic rings. The molecule has 3 rings (SSSR count). The van der Waals surface area contributed by atoms with Crippen molar-refractivity contribution in [2.24, 2.45) is 11.8 Å². The van der Waals surface area contributed by atoms with Crippen LogP contribution >= 0.6 is 11.3 Å². The molecule has 4 nitrogen and oxygen atoms in total. The number of amides is 1. The molecule has 1 aromatic rings. The Hall–Kier alpha value is -1.36. The van der Waals surface area contributed by atoms with E-state index in [1.54, 1.807) is 4.90 Å². The normalized spacial score (nSPS) is 28.5. The fourth-order valence-corrected chi connectivity index (χ4v) is 4.54. The second-order valence-electron chi connectivity index (χ2n) is 5.71. The van der Waals surface area contributed by atoms with Crippen LogP contribution in [0.2, 0.25) is 0 Å². The largest absolute Gasteiger partial charge is 0.467 e. The van der Waals surface area contributed by atoms with Crippen LogP contribution in [0.5, 0.6) is 0 Å². The average Bonchev–Trinajstić information content (AvgIpc) is 3.11. The maximum Gasteiger partial charge on any atom is 0.328 e. The first-order valence-electron chi connectivity index (χ1n) is 7.06. The highest BCUT2D eigenvalue weighted by molar-refractivity contribution is 7.12. The maximum atomic E-state index is 12.7. The molecule has 0 bridgehead atoms. The molecule has 0 spiro atoms. The highest BCUT2D eigenvalue weighted by Crippen LogP contribution is 2.43. The SMILES string of the molecule is COC(=O)[C@@H]1[C@@H]2CCC[C@@H]2CN1C(=O)c1sccc1C. The molecule has 1 saturated carbocycles. The molecule has 2 heterocycles. The van der Waals surface area contributed by atoms with Gasteiger partial charge in [-0.25, -0.2) is 4.79 Å². The minimum atomic E-state index is -0.388. The summed E-state index contributed by atoms with van der Waals surface area (Å²) >= 11 is 1.45. The van der Waals surface area contributed by atoms with Crippen LogP contribution in [0.3, 0.4) is 0 Å². The molecule has 2 fully saturated rings. The van der Waals surface area contributed by atoms with Crippen LogP contribution in [0, 0.1) is 18.8 Å². The van der Waals surface area contributed by atoms with Crippen LogP contribution in [0.4, 0.5) is 0 Å². The van der Waals surface area contributed by atoms with Crippen molar-refractivity contribution in [3.63, 3.8) is 0 Å². The third kappa shape index (κ3) is 2.04. The summed E-state index contributed by atoms with van der Waals surface area (Å²) in [6.07, 6.45) is 3.30. The summed E-state index contributed by atoms with van der Waals surface area (Å²) in [5, 5.41) is 1.92. The third-order valence-electron chi connectivity index (χ3n) is 4.65. The number of methoxy groups -OCH3 is 1. The summed E-state index contributed by atoms with van der Waals surface area (Å²) < 4.78 is 4.94. The van der Waals surface area contributed by atoms with Crippen molar-refractivity contribution in [3.8, 4) is 0 Å². The second-order valence-corrected chi connectivity index (χ2v) is 6.63. The smallest absolute Gasteiger partial charge is 0.328 e. The molecular weight excluding hydrogens is 274 g/mol. The van der Waals surface area contributed by atoms with Gasteiger partial charge in [-0.1, -0.05) is 6.42 Å². The van der Waals surface area contributed by atoms with E-state index >= 15 is 0 Å². The molecule has 1 aliphatic carbocycles. The van der Waals surface area contributed by atoms with Crippen LogP contribution in [-0.2, 0) is 9.53 Å². The number of hydrogen-bond donors (Lipinski definition) is 0. The van der Waals surface area contributed by atoms with Crippen molar-refractivity contribution in [3.05, 3.63) is 21.9 Å². The van der Waals surface area contributed by atoms with Gasteiger partial charge in [-0.05, 0) is 48.6 Å². The van der Waals surface area contributed by atoms with Gasteiger partial charge in [0.05, 0.1) is 12.0 Å². The standard InChI is InChI=1S/C15H19NO3S/c1-9-6-7-20-13(9)14(17)16-8-10-4-3-5-11(10)12(16)15(18)19-2/h6-7,10-12H,3-5,8H2,1-2H3/t10-,11-,12+/m1/s1. The number of esters is 1. The van der Waals surface area contributed by atoms with Crippen molar-refractivity contribution in [2.45, 2.75) is 32.2 Å². The van der Waals surface area contributed by atoms with Gasteiger partial charge in [-0.15, -0.1) is 11.3 Å². The van der Waals surface area contributed by atoms with Crippen LogP contribution in [-0.4, -0.2) is 36.5 Å². The molecular formula is C15H19NO3S. The number of aryl methyl sites for hydroxylation is 1. The summed E-state index contributed by atoms with van der Waals surface area (Å²) in [5.74, 6) is 0.472. The monoisotopic (exact) mass is 293 g/mol. The van der Waals surface area contributed by atoms with E-state index in [2.05, 4.69) is 0 Å². The van der Waals surface area contributed by atoms with Gasteiger partial charge in [0.2, 0.25) is 0 Å². The lowest BCUT2D eigenvalue weighted by atomic mass is 9.94. The Balaban J connectivity index is 1.90. The van der Waals surface area contributed by atoms with Crippen molar-refractivity contribution < 1.29 is 14.3 Å². The Bertz CT molecular complexity index is 539. The number of hydrogen-bond acceptors (Lipinski definition) is 4. The first-order chi connectivity index (χ1) is 9.63. The molecule has 0 N–H and O–H groups in total. The molecule has 0 unspecified atom stereocenters. The lowest BCUT2D eigenvalue weighted by Gasteiger charge is -2.25. The Morgan fingerprint density at radius 2 is 2.20 bits per heavy atom. The molecule has 20 heavy (non-hydrogen) atoms. The van der Waals surface area contributed by atoms with Gasteiger partial charge in [-0.2, -0.15) is 0 Å². The first kappa shape index (κ1) is 13.6. The molecule has 3 atom stereocenters. The van der Waals surface area contributed by atoms with Gasteiger partial charge in [0, 0.05) is 6.54 Å². The van der Waals surface area contributed by atoms with Crippen LogP contribution in [0.15, 0.2) is 11.4 Å². The Kier molecular flexibility index (Phi) is 3.54. The Labute approximate surface area is 122 Å². The Morgan fingerprint density at radius 1 is 1.40 bits per heavy atom. The van der Waals surface area contributed by atoms with Gasteiger partial charge in [0.1, 0.15) is 6.04 Å². The van der Waals surface area contributed by atoms with Gasteiger partial charge < -0.3 is 9.64 Å². The van der Waals surface area contributed by atoms with Crippen LogP contribution in [0.25, 0.3) is 0 Å². The summed E-state index contributed by atoms with van der Waals surface area (Å²) in [5.41, 5.74) is 0.987. The van der Waals surface area contributed by atoms with Crippen molar-refractivity contribution in [1.29, 1.82) is 0 Å². The highest BCUT2D eigenvalue weighted by atomic mass is 32.1. The number of fused-ring (bicyclic) bond motifs is 1. The number of carbonyl (C=O) groups is 2. The predicted octanol–water partition coefficient (Wildman–Crippen LogP) is 2.47. The van der Waals surface area contributed by atoms with Gasteiger partial charge in [0.25, 0.3) is 5.91 Å². The predicted molar refractivity (Wildman–Crippen MR) is 76.7 cm³/mol. The van der Waals surface area contributed by atoms with E-state index in [0.717, 1.165) is 29.7 Å². The van der Waals surface area contributed by atoms with E-state index in [-0.39, 0.29) is 23.8 Å². The summed E-state index contributed by atoms with van der Waals surface area (Å²) in [4.78, 5) is 27.3. The molecule has 1 aromatic heterocycles. The second kappa shape index (κ2) is 5.20.